The van der Waals surface area contributed by atoms with Crippen LogP contribution in [0.15, 0.2) is 36.4 Å². The minimum atomic E-state index is 0.0197. The van der Waals surface area contributed by atoms with Gasteiger partial charge in [-0.05, 0) is 24.6 Å². The molecule has 0 aliphatic carbocycles. The van der Waals surface area contributed by atoms with Crippen LogP contribution < -0.4 is 0 Å². The van der Waals surface area contributed by atoms with Gasteiger partial charge in [-0.1, -0.05) is 36.4 Å². The van der Waals surface area contributed by atoms with E-state index in [0.717, 1.165) is 10.8 Å². The number of hydrogen-bond donors (Lipinski definition) is 0. The number of Topliss-reactive ketones (excluding diaryl/α,β-unsaturated/α-hetero) is 2. The Kier molecular flexibility index (Phi) is 2.57. The molecule has 0 aromatic heterocycles. The summed E-state index contributed by atoms with van der Waals surface area (Å²) in [6, 6.07) is 10.9. The number of carbonyl (C=O) groups is 2. The lowest BCUT2D eigenvalue weighted by molar-refractivity contribution is 0.100. The van der Waals surface area contributed by atoms with Crippen LogP contribution in [0.4, 0.5) is 0 Å². The highest BCUT2D eigenvalue weighted by molar-refractivity contribution is 6.13. The first kappa shape index (κ1) is 10.6. The maximum Gasteiger partial charge on any atom is 0.160 e. The van der Waals surface area contributed by atoms with E-state index >= 15 is 0 Å². The monoisotopic (exact) mass is 212 g/mol. The van der Waals surface area contributed by atoms with Gasteiger partial charge in [-0.2, -0.15) is 0 Å². The van der Waals surface area contributed by atoms with Gasteiger partial charge in [-0.3, -0.25) is 9.59 Å². The summed E-state index contributed by atoms with van der Waals surface area (Å²) < 4.78 is 0. The largest absolute Gasteiger partial charge is 0.294 e. The van der Waals surface area contributed by atoms with Crippen LogP contribution >= 0.6 is 0 Å². The van der Waals surface area contributed by atoms with Crippen LogP contribution in [-0.2, 0) is 0 Å². The molecule has 0 bridgehead atoms. The van der Waals surface area contributed by atoms with E-state index in [1.165, 1.54) is 13.8 Å². The Bertz CT molecular complexity index is 529. The van der Waals surface area contributed by atoms with Crippen molar-refractivity contribution >= 4 is 22.3 Å². The number of carbonyl (C=O) groups excluding carboxylic acids is 2. The van der Waals surface area contributed by atoms with Crippen molar-refractivity contribution in [3.05, 3.63) is 47.5 Å². The molecule has 0 radical (unpaired) electrons. The molecular weight excluding hydrogens is 200 g/mol. The van der Waals surface area contributed by atoms with Crippen molar-refractivity contribution in [3.63, 3.8) is 0 Å². The molecule has 0 saturated carbocycles. The van der Waals surface area contributed by atoms with Gasteiger partial charge in [-0.25, -0.2) is 0 Å². The molecule has 2 nitrogen and oxygen atoms in total. The smallest absolute Gasteiger partial charge is 0.160 e. The summed E-state index contributed by atoms with van der Waals surface area (Å²) in [5.74, 6) is 0.0394. The maximum atomic E-state index is 11.5. The van der Waals surface area contributed by atoms with Crippen molar-refractivity contribution < 1.29 is 9.59 Å². The molecule has 0 heterocycles. The summed E-state index contributed by atoms with van der Waals surface area (Å²) in [4.78, 5) is 22.9. The van der Waals surface area contributed by atoms with Gasteiger partial charge in [0.1, 0.15) is 0 Å². The van der Waals surface area contributed by atoms with Gasteiger partial charge in [-0.15, -0.1) is 0 Å². The van der Waals surface area contributed by atoms with Crippen LogP contribution in [0.5, 0.6) is 0 Å². The first-order valence-electron chi connectivity index (χ1n) is 5.15. The molecule has 0 N–H and O–H groups in total. The summed E-state index contributed by atoms with van der Waals surface area (Å²) in [5.41, 5.74) is 1.33. The van der Waals surface area contributed by atoms with Gasteiger partial charge >= 0.3 is 0 Å². The van der Waals surface area contributed by atoms with E-state index in [9.17, 15) is 9.59 Å². The summed E-state index contributed by atoms with van der Waals surface area (Å²) in [6.45, 7) is 3.07. The predicted molar refractivity (Wildman–Crippen MR) is 64.0 cm³/mol. The van der Waals surface area contributed by atoms with Gasteiger partial charge in [0.25, 0.3) is 0 Å². The van der Waals surface area contributed by atoms with Crippen LogP contribution in [0.2, 0.25) is 0 Å². The molecule has 0 atom stereocenters. The summed E-state index contributed by atoms with van der Waals surface area (Å²) >= 11 is 0. The fraction of sp³-hybridized carbons (Fsp3) is 0.143. The average Bonchev–Trinajstić information content (AvgIpc) is 2.27. The highest BCUT2D eigenvalue weighted by Crippen LogP contribution is 2.23. The van der Waals surface area contributed by atoms with Crippen molar-refractivity contribution in [1.82, 2.24) is 0 Å². The van der Waals surface area contributed by atoms with Crippen LogP contribution in [-0.4, -0.2) is 11.6 Å². The number of rotatable bonds is 2. The van der Waals surface area contributed by atoms with E-state index in [2.05, 4.69) is 0 Å². The average molecular weight is 212 g/mol. The third kappa shape index (κ3) is 1.63. The van der Waals surface area contributed by atoms with Crippen molar-refractivity contribution in [2.45, 2.75) is 13.8 Å². The lowest BCUT2D eigenvalue weighted by Gasteiger charge is -2.06. The zero-order valence-corrected chi connectivity index (χ0v) is 9.28. The molecule has 2 aromatic rings. The molecule has 0 aliphatic rings. The molecule has 2 heteroatoms. The first-order chi connectivity index (χ1) is 7.61. The molecule has 0 spiro atoms. The summed E-state index contributed by atoms with van der Waals surface area (Å²) in [5, 5.41) is 1.70. The van der Waals surface area contributed by atoms with Crippen LogP contribution in [0.1, 0.15) is 34.6 Å². The first-order valence-corrected chi connectivity index (χ1v) is 5.15. The molecule has 80 valence electrons. The number of ketones is 2. The van der Waals surface area contributed by atoms with E-state index in [4.69, 9.17) is 0 Å². The second kappa shape index (κ2) is 3.89. The summed E-state index contributed by atoms with van der Waals surface area (Å²) in [6.07, 6.45) is 0. The van der Waals surface area contributed by atoms with Crippen LogP contribution in [0.3, 0.4) is 0 Å². The highest BCUT2D eigenvalue weighted by atomic mass is 16.1. The Hall–Kier alpha value is -1.96. The van der Waals surface area contributed by atoms with Crippen molar-refractivity contribution in [1.29, 1.82) is 0 Å². The topological polar surface area (TPSA) is 34.1 Å². The molecule has 2 aromatic carbocycles. The number of fused-ring (bicyclic) bond motifs is 1. The summed E-state index contributed by atoms with van der Waals surface area (Å²) in [7, 11) is 0. The Balaban J connectivity index is 2.86. The second-order valence-electron chi connectivity index (χ2n) is 3.82. The van der Waals surface area contributed by atoms with Gasteiger partial charge in [0.05, 0.1) is 0 Å². The Morgan fingerprint density at radius 1 is 0.750 bits per heavy atom. The molecule has 0 unspecified atom stereocenters. The molecular formula is C14H12O2. The van der Waals surface area contributed by atoms with Crippen molar-refractivity contribution in [2.75, 3.05) is 0 Å². The van der Waals surface area contributed by atoms with E-state index < -0.39 is 0 Å². The van der Waals surface area contributed by atoms with Gasteiger partial charge < -0.3 is 0 Å². The van der Waals surface area contributed by atoms with E-state index in [1.54, 1.807) is 12.1 Å². The van der Waals surface area contributed by atoms with E-state index in [-0.39, 0.29) is 11.6 Å². The standard InChI is InChI=1S/C14H12O2/c1-9(15)11-5-3-8-14-12(10(2)16)6-4-7-13(11)14/h3-8H,1-2H3. The normalized spacial score (nSPS) is 10.4. The maximum absolute atomic E-state index is 11.5. The Morgan fingerprint density at radius 3 is 1.44 bits per heavy atom. The van der Waals surface area contributed by atoms with E-state index in [0.29, 0.717) is 11.1 Å². The fourth-order valence-electron chi connectivity index (χ4n) is 1.92. The fourth-order valence-corrected chi connectivity index (χ4v) is 1.92. The Morgan fingerprint density at radius 2 is 1.12 bits per heavy atom. The molecule has 2 rings (SSSR count). The quantitative estimate of drug-likeness (QED) is 0.716. The second-order valence-corrected chi connectivity index (χ2v) is 3.82. The molecule has 0 amide bonds. The predicted octanol–water partition coefficient (Wildman–Crippen LogP) is 3.25. The molecule has 16 heavy (non-hydrogen) atoms. The van der Waals surface area contributed by atoms with Gasteiger partial charge in [0.2, 0.25) is 0 Å². The van der Waals surface area contributed by atoms with Crippen molar-refractivity contribution in [3.8, 4) is 0 Å². The van der Waals surface area contributed by atoms with Gasteiger partial charge in [0.15, 0.2) is 11.6 Å². The Labute approximate surface area is 93.9 Å². The zero-order chi connectivity index (χ0) is 11.7. The third-order valence-corrected chi connectivity index (χ3v) is 2.68. The molecule has 0 aliphatic heterocycles. The van der Waals surface area contributed by atoms with Crippen LogP contribution in [0, 0.1) is 0 Å². The number of hydrogen-bond acceptors (Lipinski definition) is 2. The third-order valence-electron chi connectivity index (χ3n) is 2.68. The van der Waals surface area contributed by atoms with Gasteiger partial charge in [0, 0.05) is 11.1 Å². The minimum Gasteiger partial charge on any atom is -0.294 e. The zero-order valence-electron chi connectivity index (χ0n) is 9.28. The lowest BCUT2D eigenvalue weighted by atomic mass is 9.97. The lowest BCUT2D eigenvalue weighted by Crippen LogP contribution is -1.97. The SMILES string of the molecule is CC(=O)c1cccc2c(C(C)=O)cccc12. The molecule has 0 fully saturated rings. The number of benzene rings is 2. The molecule has 0 saturated heterocycles. The highest BCUT2D eigenvalue weighted by Gasteiger charge is 2.09. The van der Waals surface area contributed by atoms with E-state index in [1.807, 2.05) is 24.3 Å². The van der Waals surface area contributed by atoms with Crippen LogP contribution in [0.25, 0.3) is 10.8 Å². The minimum absolute atomic E-state index is 0.0197. The van der Waals surface area contributed by atoms with Crippen molar-refractivity contribution in [2.24, 2.45) is 0 Å².